The first-order valence-electron chi connectivity index (χ1n) is 10.2. The summed E-state index contributed by atoms with van der Waals surface area (Å²) < 4.78 is 15.4. The first kappa shape index (κ1) is 23.6. The third-order valence-corrected chi connectivity index (χ3v) is 5.22. The van der Waals surface area contributed by atoms with Gasteiger partial charge in [0.25, 0.3) is 5.91 Å². The predicted molar refractivity (Wildman–Crippen MR) is 118 cm³/mol. The molecule has 4 amide bonds. The Morgan fingerprint density at radius 3 is 2.30 bits per heavy atom. The number of rotatable bonds is 8. The predicted octanol–water partition coefficient (Wildman–Crippen LogP) is 2.29. The molecule has 1 fully saturated rings. The smallest absolute Gasteiger partial charge is 0.338 e. The number of ether oxygens (including phenoxy) is 3. The number of carbonyl (C=O) groups is 4. The Labute approximate surface area is 190 Å². The summed E-state index contributed by atoms with van der Waals surface area (Å²) in [5.41, 5.74) is -0.147. The second kappa shape index (κ2) is 9.60. The molecule has 0 aromatic heterocycles. The topological polar surface area (TPSA) is 123 Å². The van der Waals surface area contributed by atoms with Crippen LogP contribution in [0.3, 0.4) is 0 Å². The second-order valence-electron chi connectivity index (χ2n) is 7.36. The van der Waals surface area contributed by atoms with Gasteiger partial charge < -0.3 is 24.8 Å². The van der Waals surface area contributed by atoms with Crippen LogP contribution in [0.4, 0.5) is 10.5 Å². The molecule has 3 rings (SSSR count). The van der Waals surface area contributed by atoms with Gasteiger partial charge >= 0.3 is 12.0 Å². The molecule has 1 unspecified atom stereocenters. The molecule has 1 saturated heterocycles. The van der Waals surface area contributed by atoms with E-state index in [0.717, 1.165) is 4.90 Å². The summed E-state index contributed by atoms with van der Waals surface area (Å²) in [5.74, 6) is -0.733. The first-order valence-corrected chi connectivity index (χ1v) is 10.2. The molecule has 0 radical (unpaired) electrons. The summed E-state index contributed by atoms with van der Waals surface area (Å²) in [6.45, 7) is 3.04. The molecule has 2 N–H and O–H groups in total. The summed E-state index contributed by atoms with van der Waals surface area (Å²) in [7, 11) is 2.96. The van der Waals surface area contributed by atoms with Crippen molar-refractivity contribution in [1.82, 2.24) is 10.2 Å². The Hall–Kier alpha value is -4.08. The fraction of sp³-hybridized carbons (Fsp3) is 0.304. The fourth-order valence-corrected chi connectivity index (χ4v) is 3.43. The van der Waals surface area contributed by atoms with Gasteiger partial charge in [0.15, 0.2) is 11.5 Å². The van der Waals surface area contributed by atoms with Crippen LogP contribution in [0.5, 0.6) is 11.5 Å². The third kappa shape index (κ3) is 4.74. The minimum absolute atomic E-state index is 0.255. The lowest BCUT2D eigenvalue weighted by atomic mass is 9.91. The van der Waals surface area contributed by atoms with Crippen molar-refractivity contribution in [3.05, 3.63) is 53.6 Å². The Balaban J connectivity index is 1.71. The number of anilines is 1. The molecule has 2 aromatic carbocycles. The maximum atomic E-state index is 13.1. The molecule has 0 bridgehead atoms. The number of esters is 1. The summed E-state index contributed by atoms with van der Waals surface area (Å²) in [6.07, 6.45) is 0. The average Bonchev–Trinajstić information content (AvgIpc) is 3.02. The number of hydrogen-bond acceptors (Lipinski definition) is 7. The number of imide groups is 1. The van der Waals surface area contributed by atoms with E-state index in [1.165, 1.54) is 38.5 Å². The zero-order valence-electron chi connectivity index (χ0n) is 18.8. The molecule has 10 heteroatoms. The van der Waals surface area contributed by atoms with Gasteiger partial charge in [-0.05, 0) is 55.8 Å². The van der Waals surface area contributed by atoms with Crippen LogP contribution in [-0.4, -0.2) is 56.1 Å². The Bertz CT molecular complexity index is 1080. The average molecular weight is 455 g/mol. The van der Waals surface area contributed by atoms with Crippen LogP contribution in [0.1, 0.15) is 29.8 Å². The number of amides is 4. The molecule has 33 heavy (non-hydrogen) atoms. The number of benzene rings is 2. The number of carbonyl (C=O) groups excluding carboxylic acids is 4. The van der Waals surface area contributed by atoms with Gasteiger partial charge in [0.2, 0.25) is 5.91 Å². The Kier molecular flexibility index (Phi) is 6.86. The number of nitrogens with zero attached hydrogens (tertiary/aromatic N) is 1. The van der Waals surface area contributed by atoms with Crippen LogP contribution in [0, 0.1) is 0 Å². The van der Waals surface area contributed by atoms with Gasteiger partial charge in [-0.15, -0.1) is 0 Å². The molecule has 174 valence electrons. The molecule has 0 saturated carbocycles. The van der Waals surface area contributed by atoms with Crippen molar-refractivity contribution in [3.8, 4) is 11.5 Å². The van der Waals surface area contributed by atoms with Gasteiger partial charge in [-0.3, -0.25) is 14.5 Å². The minimum atomic E-state index is -1.38. The van der Waals surface area contributed by atoms with E-state index >= 15 is 0 Å². The van der Waals surface area contributed by atoms with E-state index in [-0.39, 0.29) is 6.61 Å². The molecule has 1 aliphatic rings. The van der Waals surface area contributed by atoms with Crippen molar-refractivity contribution in [3.63, 3.8) is 0 Å². The van der Waals surface area contributed by atoms with E-state index in [1.807, 2.05) is 0 Å². The highest BCUT2D eigenvalue weighted by Gasteiger charge is 2.49. The summed E-state index contributed by atoms with van der Waals surface area (Å²) in [6, 6.07) is 10.3. The van der Waals surface area contributed by atoms with Gasteiger partial charge in [-0.2, -0.15) is 0 Å². The molecule has 1 heterocycles. The van der Waals surface area contributed by atoms with Crippen molar-refractivity contribution >= 4 is 29.5 Å². The normalized spacial score (nSPS) is 17.4. The highest BCUT2D eigenvalue weighted by atomic mass is 16.5. The van der Waals surface area contributed by atoms with Crippen molar-refractivity contribution in [2.75, 3.05) is 32.7 Å². The lowest BCUT2D eigenvalue weighted by Crippen LogP contribution is -2.42. The second-order valence-corrected chi connectivity index (χ2v) is 7.36. The van der Waals surface area contributed by atoms with Crippen molar-refractivity contribution < 1.29 is 33.4 Å². The number of methoxy groups -OCH3 is 2. The van der Waals surface area contributed by atoms with E-state index in [4.69, 9.17) is 14.2 Å². The zero-order valence-corrected chi connectivity index (χ0v) is 18.8. The highest BCUT2D eigenvalue weighted by Crippen LogP contribution is 2.35. The van der Waals surface area contributed by atoms with E-state index in [9.17, 15) is 19.2 Å². The maximum absolute atomic E-state index is 13.1. The molecular weight excluding hydrogens is 430 g/mol. The maximum Gasteiger partial charge on any atom is 0.338 e. The third-order valence-electron chi connectivity index (χ3n) is 5.22. The van der Waals surface area contributed by atoms with Gasteiger partial charge in [-0.25, -0.2) is 9.59 Å². The van der Waals surface area contributed by atoms with Gasteiger partial charge in [0.05, 0.1) is 26.4 Å². The van der Waals surface area contributed by atoms with Gasteiger partial charge in [0, 0.05) is 5.69 Å². The summed E-state index contributed by atoms with van der Waals surface area (Å²) in [5, 5.41) is 5.25. The molecule has 1 atom stereocenters. The minimum Gasteiger partial charge on any atom is -0.493 e. The Morgan fingerprint density at radius 1 is 1.03 bits per heavy atom. The number of hydrogen-bond donors (Lipinski definition) is 2. The van der Waals surface area contributed by atoms with Crippen LogP contribution in [0.15, 0.2) is 42.5 Å². The summed E-state index contributed by atoms with van der Waals surface area (Å²) in [4.78, 5) is 50.7. The molecular formula is C23H25N3O7. The van der Waals surface area contributed by atoms with E-state index in [0.29, 0.717) is 28.3 Å². The van der Waals surface area contributed by atoms with Crippen molar-refractivity contribution in [2.24, 2.45) is 0 Å². The van der Waals surface area contributed by atoms with Crippen LogP contribution in [0.25, 0.3) is 0 Å². The fourth-order valence-electron chi connectivity index (χ4n) is 3.43. The SMILES string of the molecule is CCOC(=O)c1ccc(NC(=O)CN2C(=O)NC(C)(c3ccc(OC)c(OC)c3)C2=O)cc1. The van der Waals surface area contributed by atoms with Crippen LogP contribution < -0.4 is 20.1 Å². The van der Waals surface area contributed by atoms with E-state index in [1.54, 1.807) is 32.0 Å². The highest BCUT2D eigenvalue weighted by molar-refractivity contribution is 6.10. The molecule has 2 aromatic rings. The molecule has 10 nitrogen and oxygen atoms in total. The van der Waals surface area contributed by atoms with Crippen LogP contribution >= 0.6 is 0 Å². The zero-order chi connectivity index (χ0) is 24.2. The van der Waals surface area contributed by atoms with Gasteiger partial charge in [0.1, 0.15) is 12.1 Å². The van der Waals surface area contributed by atoms with Crippen LogP contribution in [-0.2, 0) is 19.9 Å². The van der Waals surface area contributed by atoms with E-state index < -0.39 is 35.9 Å². The Morgan fingerprint density at radius 2 is 1.70 bits per heavy atom. The van der Waals surface area contributed by atoms with Crippen LogP contribution in [0.2, 0.25) is 0 Å². The monoisotopic (exact) mass is 455 g/mol. The largest absolute Gasteiger partial charge is 0.493 e. The molecule has 1 aliphatic heterocycles. The molecule has 0 aliphatic carbocycles. The quantitative estimate of drug-likeness (QED) is 0.462. The lowest BCUT2D eigenvalue weighted by Gasteiger charge is -2.23. The molecule has 0 spiro atoms. The summed E-state index contributed by atoms with van der Waals surface area (Å²) >= 11 is 0. The van der Waals surface area contributed by atoms with Crippen molar-refractivity contribution in [2.45, 2.75) is 19.4 Å². The lowest BCUT2D eigenvalue weighted by molar-refractivity contribution is -0.133. The number of urea groups is 1. The standard InChI is InChI=1S/C23H25N3O7/c1-5-33-20(28)14-6-9-16(10-7-14)24-19(27)13-26-21(29)23(2,25-22(26)30)15-8-11-17(31-3)18(12-15)32-4/h6-12H,5,13H2,1-4H3,(H,24,27)(H,25,30). The van der Waals surface area contributed by atoms with Crippen molar-refractivity contribution in [1.29, 1.82) is 0 Å². The van der Waals surface area contributed by atoms with E-state index in [2.05, 4.69) is 10.6 Å². The number of nitrogens with one attached hydrogen (secondary N) is 2. The first-order chi connectivity index (χ1) is 15.7. The van der Waals surface area contributed by atoms with Gasteiger partial charge in [-0.1, -0.05) is 6.07 Å².